The number of nitrogens with zero attached hydrogens (tertiary/aromatic N) is 3. The maximum atomic E-state index is 5.77. The van der Waals surface area contributed by atoms with Crippen LogP contribution in [-0.2, 0) is 13.0 Å². The third-order valence-corrected chi connectivity index (χ3v) is 3.75. The number of ether oxygens (including phenoxy) is 1. The topological polar surface area (TPSA) is 55.2 Å². The van der Waals surface area contributed by atoms with E-state index < -0.39 is 0 Å². The van der Waals surface area contributed by atoms with Gasteiger partial charge in [-0.25, -0.2) is 0 Å². The van der Waals surface area contributed by atoms with Crippen LogP contribution in [0.1, 0.15) is 23.9 Å². The summed E-state index contributed by atoms with van der Waals surface area (Å²) in [6, 6.07) is 17.9. The Morgan fingerprint density at radius 2 is 1.92 bits per heavy atom. The summed E-state index contributed by atoms with van der Waals surface area (Å²) in [6.07, 6.45) is 2.52. The molecule has 122 valence electrons. The summed E-state index contributed by atoms with van der Waals surface area (Å²) in [4.78, 5) is 0. The molecule has 0 bridgehead atoms. The van der Waals surface area contributed by atoms with Gasteiger partial charge in [-0.2, -0.15) is 14.9 Å². The molecule has 0 aliphatic rings. The Morgan fingerprint density at radius 1 is 1.17 bits per heavy atom. The minimum Gasteiger partial charge on any atom is -0.489 e. The van der Waals surface area contributed by atoms with Gasteiger partial charge in [0, 0.05) is 6.42 Å². The average Bonchev–Trinajstić information content (AvgIpc) is 3.00. The second-order valence-electron chi connectivity index (χ2n) is 5.20. The highest BCUT2D eigenvalue weighted by molar-refractivity contribution is 7.71. The second-order valence-corrected chi connectivity index (χ2v) is 5.58. The van der Waals surface area contributed by atoms with Gasteiger partial charge in [-0.15, -0.1) is 0 Å². The Hall–Kier alpha value is -2.73. The summed E-state index contributed by atoms with van der Waals surface area (Å²) < 4.78 is 7.90. The molecule has 0 aliphatic carbocycles. The van der Waals surface area contributed by atoms with Crippen LogP contribution in [0, 0.1) is 4.77 Å². The van der Waals surface area contributed by atoms with Crippen molar-refractivity contribution in [2.24, 2.45) is 5.10 Å². The smallest absolute Gasteiger partial charge is 0.216 e. The first-order chi connectivity index (χ1) is 11.8. The molecular formula is C18H18N4OS. The van der Waals surface area contributed by atoms with Crippen molar-refractivity contribution in [2.45, 2.75) is 20.0 Å². The van der Waals surface area contributed by atoms with Crippen LogP contribution in [0.2, 0.25) is 0 Å². The van der Waals surface area contributed by atoms with Gasteiger partial charge < -0.3 is 4.74 Å². The molecule has 24 heavy (non-hydrogen) atoms. The van der Waals surface area contributed by atoms with Crippen LogP contribution in [-0.4, -0.2) is 21.1 Å². The normalized spacial score (nSPS) is 11.0. The minimum absolute atomic E-state index is 0.492. The summed E-state index contributed by atoms with van der Waals surface area (Å²) >= 11 is 5.17. The molecule has 0 unspecified atom stereocenters. The van der Waals surface area contributed by atoms with Gasteiger partial charge in [0.25, 0.3) is 0 Å². The van der Waals surface area contributed by atoms with E-state index in [1.165, 1.54) is 0 Å². The predicted molar refractivity (Wildman–Crippen MR) is 97.0 cm³/mol. The minimum atomic E-state index is 0.492. The molecule has 0 radical (unpaired) electrons. The fraction of sp³-hybridized carbons (Fsp3) is 0.167. The number of nitrogens with one attached hydrogen (secondary N) is 1. The first kappa shape index (κ1) is 16.1. The molecule has 2 aromatic carbocycles. The first-order valence-corrected chi connectivity index (χ1v) is 8.14. The Balaban J connectivity index is 1.65. The van der Waals surface area contributed by atoms with Crippen molar-refractivity contribution in [3.8, 4) is 5.75 Å². The molecule has 0 aliphatic heterocycles. The van der Waals surface area contributed by atoms with Gasteiger partial charge >= 0.3 is 0 Å². The fourth-order valence-electron chi connectivity index (χ4n) is 2.19. The molecule has 3 aromatic rings. The van der Waals surface area contributed by atoms with Crippen LogP contribution in [0.3, 0.4) is 0 Å². The quantitative estimate of drug-likeness (QED) is 0.547. The molecular weight excluding hydrogens is 320 g/mol. The van der Waals surface area contributed by atoms with Gasteiger partial charge in [0.05, 0.1) is 6.21 Å². The van der Waals surface area contributed by atoms with E-state index in [1.807, 2.05) is 61.5 Å². The number of aromatic amines is 1. The average molecular weight is 338 g/mol. The molecule has 0 atom stereocenters. The number of hydrogen-bond donors (Lipinski definition) is 1. The van der Waals surface area contributed by atoms with Gasteiger partial charge in [0.15, 0.2) is 5.82 Å². The van der Waals surface area contributed by atoms with E-state index in [1.54, 1.807) is 10.9 Å². The molecule has 0 fully saturated rings. The van der Waals surface area contributed by atoms with Crippen LogP contribution < -0.4 is 4.74 Å². The molecule has 5 nitrogen and oxygen atoms in total. The van der Waals surface area contributed by atoms with Gasteiger partial charge in [-0.05, 0) is 47.6 Å². The molecule has 0 spiro atoms. The SMILES string of the molecule is CCc1n[nH]c(=S)n1/N=C/c1ccc(OCc2ccccc2)cc1. The summed E-state index contributed by atoms with van der Waals surface area (Å²) in [7, 11) is 0. The van der Waals surface area contributed by atoms with Crippen molar-refractivity contribution in [2.75, 3.05) is 0 Å². The maximum Gasteiger partial charge on any atom is 0.216 e. The van der Waals surface area contributed by atoms with E-state index in [2.05, 4.69) is 15.3 Å². The lowest BCUT2D eigenvalue weighted by atomic mass is 10.2. The van der Waals surface area contributed by atoms with E-state index in [0.717, 1.165) is 29.1 Å². The van der Waals surface area contributed by atoms with Crippen molar-refractivity contribution in [3.05, 3.63) is 76.3 Å². The monoisotopic (exact) mass is 338 g/mol. The van der Waals surface area contributed by atoms with Crippen LogP contribution >= 0.6 is 12.2 Å². The number of benzene rings is 2. The number of H-pyrrole nitrogens is 1. The number of aromatic nitrogens is 3. The predicted octanol–water partition coefficient (Wildman–Crippen LogP) is 3.96. The summed E-state index contributed by atoms with van der Waals surface area (Å²) in [5.41, 5.74) is 2.11. The van der Waals surface area contributed by atoms with Crippen molar-refractivity contribution in [1.82, 2.24) is 14.9 Å². The zero-order valence-corrected chi connectivity index (χ0v) is 14.2. The Bertz CT molecular complexity index is 866. The van der Waals surface area contributed by atoms with Crippen molar-refractivity contribution in [3.63, 3.8) is 0 Å². The zero-order valence-electron chi connectivity index (χ0n) is 13.3. The van der Waals surface area contributed by atoms with E-state index in [0.29, 0.717) is 11.4 Å². The van der Waals surface area contributed by atoms with Gasteiger partial charge in [-0.1, -0.05) is 37.3 Å². The number of aryl methyl sites for hydroxylation is 1. The van der Waals surface area contributed by atoms with E-state index in [-0.39, 0.29) is 0 Å². The highest BCUT2D eigenvalue weighted by Crippen LogP contribution is 2.13. The van der Waals surface area contributed by atoms with Gasteiger partial charge in [0.2, 0.25) is 4.77 Å². The lowest BCUT2D eigenvalue weighted by Gasteiger charge is -2.06. The summed E-state index contributed by atoms with van der Waals surface area (Å²) in [5, 5.41) is 11.3. The molecule has 1 N–H and O–H groups in total. The molecule has 0 saturated carbocycles. The summed E-state index contributed by atoms with van der Waals surface area (Å²) in [6.45, 7) is 2.56. The second kappa shape index (κ2) is 7.70. The van der Waals surface area contributed by atoms with Crippen LogP contribution in [0.15, 0.2) is 59.7 Å². The molecule has 1 aromatic heterocycles. The van der Waals surface area contributed by atoms with Crippen LogP contribution in [0.5, 0.6) is 5.75 Å². The lowest BCUT2D eigenvalue weighted by Crippen LogP contribution is -1.97. The van der Waals surface area contributed by atoms with Gasteiger partial charge in [-0.3, -0.25) is 5.10 Å². The molecule has 6 heteroatoms. The van der Waals surface area contributed by atoms with E-state index in [9.17, 15) is 0 Å². The van der Waals surface area contributed by atoms with Crippen LogP contribution in [0.25, 0.3) is 0 Å². The Labute approximate surface area is 145 Å². The Kier molecular flexibility index (Phi) is 5.18. The third-order valence-electron chi connectivity index (χ3n) is 3.48. The third kappa shape index (κ3) is 3.97. The van der Waals surface area contributed by atoms with Crippen molar-refractivity contribution < 1.29 is 4.74 Å². The van der Waals surface area contributed by atoms with Crippen molar-refractivity contribution >= 4 is 18.4 Å². The van der Waals surface area contributed by atoms with Gasteiger partial charge in [0.1, 0.15) is 12.4 Å². The highest BCUT2D eigenvalue weighted by Gasteiger charge is 2.01. The first-order valence-electron chi connectivity index (χ1n) is 7.73. The number of rotatable bonds is 6. The van der Waals surface area contributed by atoms with E-state index in [4.69, 9.17) is 17.0 Å². The summed E-state index contributed by atoms with van der Waals surface area (Å²) in [5.74, 6) is 1.63. The fourth-order valence-corrected chi connectivity index (χ4v) is 2.39. The maximum absolute atomic E-state index is 5.77. The largest absolute Gasteiger partial charge is 0.489 e. The molecule has 0 saturated heterocycles. The van der Waals surface area contributed by atoms with Crippen molar-refractivity contribution in [1.29, 1.82) is 0 Å². The Morgan fingerprint density at radius 3 is 2.62 bits per heavy atom. The molecule has 3 rings (SSSR count). The van der Waals surface area contributed by atoms with E-state index >= 15 is 0 Å². The lowest BCUT2D eigenvalue weighted by molar-refractivity contribution is 0.306. The van der Waals surface area contributed by atoms with Crippen LogP contribution in [0.4, 0.5) is 0 Å². The molecule has 1 heterocycles. The molecule has 0 amide bonds. The standard InChI is InChI=1S/C18H18N4OS/c1-2-17-20-21-18(24)22(17)19-12-14-8-10-16(11-9-14)23-13-15-6-4-3-5-7-15/h3-12H,2,13H2,1H3,(H,21,24)/b19-12+. The zero-order chi connectivity index (χ0) is 16.8. The number of hydrogen-bond acceptors (Lipinski definition) is 4. The highest BCUT2D eigenvalue weighted by atomic mass is 32.1.